The third-order valence-electron chi connectivity index (χ3n) is 3.34. The minimum Gasteiger partial charge on any atom is -0.350 e. The number of carbonyl (C=O) groups is 1. The first-order valence-electron chi connectivity index (χ1n) is 6.24. The van der Waals surface area contributed by atoms with Crippen LogP contribution >= 0.6 is 0 Å². The molecule has 0 aromatic carbocycles. The molecular weight excluding hydrogens is 230 g/mol. The van der Waals surface area contributed by atoms with E-state index in [1.165, 1.54) is 0 Å². The average molecular weight is 245 g/mol. The number of aromatic nitrogens is 3. The maximum absolute atomic E-state index is 11.7. The van der Waals surface area contributed by atoms with Crippen LogP contribution in [0.15, 0.2) is 16.8 Å². The molecule has 1 aliphatic carbocycles. The summed E-state index contributed by atoms with van der Waals surface area (Å²) in [5.74, 6) is 1.58. The largest absolute Gasteiger partial charge is 0.350 e. The van der Waals surface area contributed by atoms with E-state index in [4.69, 9.17) is 4.52 Å². The number of ketones is 1. The Morgan fingerprint density at radius 3 is 3.11 bits per heavy atom. The molecule has 0 unspecified atom stereocenters. The number of carbonyl (C=O) groups excluding carboxylic acids is 1. The molecule has 0 bridgehead atoms. The van der Waals surface area contributed by atoms with Crippen molar-refractivity contribution in [3.8, 4) is 0 Å². The number of hydrogen-bond acceptors (Lipinski definition) is 4. The summed E-state index contributed by atoms with van der Waals surface area (Å²) in [6.07, 6.45) is 5.34. The van der Waals surface area contributed by atoms with Crippen LogP contribution in [0.5, 0.6) is 0 Å². The summed E-state index contributed by atoms with van der Waals surface area (Å²) in [7, 11) is 0. The highest BCUT2D eigenvalue weighted by molar-refractivity contribution is 5.98. The quantitative estimate of drug-likeness (QED) is 0.829. The van der Waals surface area contributed by atoms with Crippen molar-refractivity contribution in [3.63, 3.8) is 0 Å². The third kappa shape index (κ3) is 1.96. The van der Waals surface area contributed by atoms with E-state index >= 15 is 0 Å². The minimum absolute atomic E-state index is 0.269. The van der Waals surface area contributed by atoms with Crippen molar-refractivity contribution in [1.29, 1.82) is 0 Å². The van der Waals surface area contributed by atoms with Gasteiger partial charge in [0.15, 0.2) is 11.6 Å². The molecule has 0 radical (unpaired) electrons. The molecule has 94 valence electrons. The van der Waals surface area contributed by atoms with Crippen molar-refractivity contribution in [2.24, 2.45) is 0 Å². The Labute approximate surface area is 105 Å². The van der Waals surface area contributed by atoms with E-state index in [0.717, 1.165) is 42.9 Å². The van der Waals surface area contributed by atoms with Crippen LogP contribution in [0.1, 0.15) is 40.6 Å². The molecule has 18 heavy (non-hydrogen) atoms. The molecule has 0 aliphatic heterocycles. The molecule has 0 fully saturated rings. The van der Waals surface area contributed by atoms with E-state index in [0.29, 0.717) is 12.3 Å². The lowest BCUT2D eigenvalue weighted by atomic mass is 9.97. The molecule has 0 saturated heterocycles. The van der Waals surface area contributed by atoms with E-state index in [1.54, 1.807) is 6.92 Å². The number of aryl methyl sites for hydroxylation is 3. The van der Waals surface area contributed by atoms with Crippen molar-refractivity contribution >= 4 is 5.78 Å². The van der Waals surface area contributed by atoms with Crippen LogP contribution < -0.4 is 0 Å². The molecule has 2 heterocycles. The Morgan fingerprint density at radius 1 is 1.44 bits per heavy atom. The SMILES string of the molecule is Cc1nc(CCn2ccc3c2CCCC3=O)no1. The van der Waals surface area contributed by atoms with E-state index in [9.17, 15) is 4.79 Å². The summed E-state index contributed by atoms with van der Waals surface area (Å²) in [4.78, 5) is 15.9. The summed E-state index contributed by atoms with van der Waals surface area (Å²) in [5, 5.41) is 3.88. The highest BCUT2D eigenvalue weighted by Crippen LogP contribution is 2.22. The van der Waals surface area contributed by atoms with Crippen LogP contribution in [0.2, 0.25) is 0 Å². The van der Waals surface area contributed by atoms with Gasteiger partial charge >= 0.3 is 0 Å². The zero-order chi connectivity index (χ0) is 12.5. The second-order valence-corrected chi connectivity index (χ2v) is 4.63. The Morgan fingerprint density at radius 2 is 2.33 bits per heavy atom. The standard InChI is InChI=1S/C13H15N3O2/c1-9-14-13(15-18-9)6-8-16-7-5-10-11(16)3-2-4-12(10)17/h5,7H,2-4,6,8H2,1H3. The third-order valence-corrected chi connectivity index (χ3v) is 3.34. The van der Waals surface area contributed by atoms with Gasteiger partial charge in [0.1, 0.15) is 0 Å². The Kier molecular flexibility index (Phi) is 2.74. The summed E-state index contributed by atoms with van der Waals surface area (Å²) < 4.78 is 7.08. The summed E-state index contributed by atoms with van der Waals surface area (Å²) in [6.45, 7) is 2.58. The van der Waals surface area contributed by atoms with Crippen molar-refractivity contribution < 1.29 is 9.32 Å². The van der Waals surface area contributed by atoms with E-state index in [2.05, 4.69) is 14.7 Å². The second kappa shape index (κ2) is 4.40. The highest BCUT2D eigenvalue weighted by Gasteiger charge is 2.20. The maximum Gasteiger partial charge on any atom is 0.223 e. The van der Waals surface area contributed by atoms with Crippen molar-refractivity contribution in [1.82, 2.24) is 14.7 Å². The monoisotopic (exact) mass is 245 g/mol. The lowest BCUT2D eigenvalue weighted by Gasteiger charge is -2.14. The van der Waals surface area contributed by atoms with E-state index in [-0.39, 0.29) is 5.78 Å². The van der Waals surface area contributed by atoms with Gasteiger partial charge in [-0.2, -0.15) is 4.98 Å². The molecule has 0 spiro atoms. The van der Waals surface area contributed by atoms with Gasteiger partial charge < -0.3 is 9.09 Å². The van der Waals surface area contributed by atoms with Crippen LogP contribution in [0.4, 0.5) is 0 Å². The van der Waals surface area contributed by atoms with Gasteiger partial charge in [0.2, 0.25) is 5.89 Å². The predicted octanol–water partition coefficient (Wildman–Crippen LogP) is 1.94. The minimum atomic E-state index is 0.269. The van der Waals surface area contributed by atoms with Crippen LogP contribution in [0.3, 0.4) is 0 Å². The Hall–Kier alpha value is -1.91. The highest BCUT2D eigenvalue weighted by atomic mass is 16.5. The molecule has 1 aliphatic rings. The number of Topliss-reactive ketones (excluding diaryl/α,β-unsaturated/α-hetero) is 1. The fourth-order valence-electron chi connectivity index (χ4n) is 2.46. The summed E-state index contributed by atoms with van der Waals surface area (Å²) in [5.41, 5.74) is 2.05. The Bertz CT molecular complexity index is 583. The fourth-order valence-corrected chi connectivity index (χ4v) is 2.46. The topological polar surface area (TPSA) is 60.9 Å². The maximum atomic E-state index is 11.7. The van der Waals surface area contributed by atoms with Gasteiger partial charge in [-0.3, -0.25) is 4.79 Å². The number of hydrogen-bond donors (Lipinski definition) is 0. The first-order chi connectivity index (χ1) is 8.74. The lowest BCUT2D eigenvalue weighted by Crippen LogP contribution is -2.14. The molecular formula is C13H15N3O2. The molecule has 5 nitrogen and oxygen atoms in total. The molecule has 2 aromatic heterocycles. The molecule has 0 atom stereocenters. The van der Waals surface area contributed by atoms with Crippen LogP contribution in [0.25, 0.3) is 0 Å². The number of fused-ring (bicyclic) bond motifs is 1. The van der Waals surface area contributed by atoms with Crippen molar-refractivity contribution in [2.75, 3.05) is 0 Å². The van der Waals surface area contributed by atoms with Gasteiger partial charge in [0.25, 0.3) is 0 Å². The number of rotatable bonds is 3. The predicted molar refractivity (Wildman–Crippen MR) is 64.4 cm³/mol. The summed E-state index contributed by atoms with van der Waals surface area (Å²) >= 11 is 0. The molecule has 0 saturated carbocycles. The number of nitrogens with zero attached hydrogens (tertiary/aromatic N) is 3. The second-order valence-electron chi connectivity index (χ2n) is 4.63. The van der Waals surface area contributed by atoms with Gasteiger partial charge in [-0.15, -0.1) is 0 Å². The van der Waals surface area contributed by atoms with Crippen LogP contribution in [-0.4, -0.2) is 20.5 Å². The van der Waals surface area contributed by atoms with E-state index in [1.807, 2.05) is 12.3 Å². The zero-order valence-electron chi connectivity index (χ0n) is 10.3. The lowest BCUT2D eigenvalue weighted by molar-refractivity contribution is 0.0972. The average Bonchev–Trinajstić information content (AvgIpc) is 2.94. The van der Waals surface area contributed by atoms with Gasteiger partial charge in [0.05, 0.1) is 0 Å². The first kappa shape index (κ1) is 11.2. The van der Waals surface area contributed by atoms with Gasteiger partial charge in [0, 0.05) is 43.8 Å². The fraction of sp³-hybridized carbons (Fsp3) is 0.462. The van der Waals surface area contributed by atoms with Crippen LogP contribution in [-0.2, 0) is 19.4 Å². The van der Waals surface area contributed by atoms with Gasteiger partial charge in [-0.05, 0) is 18.9 Å². The van der Waals surface area contributed by atoms with Crippen molar-refractivity contribution in [2.45, 2.75) is 39.2 Å². The van der Waals surface area contributed by atoms with Gasteiger partial charge in [-0.1, -0.05) is 5.16 Å². The summed E-state index contributed by atoms with van der Waals surface area (Å²) in [6, 6.07) is 1.93. The molecule has 0 N–H and O–H groups in total. The molecule has 0 amide bonds. The Balaban J connectivity index is 1.75. The molecule has 2 aromatic rings. The van der Waals surface area contributed by atoms with Gasteiger partial charge in [-0.25, -0.2) is 0 Å². The zero-order valence-corrected chi connectivity index (χ0v) is 10.3. The molecule has 3 rings (SSSR count). The van der Waals surface area contributed by atoms with Crippen LogP contribution in [0, 0.1) is 6.92 Å². The normalized spacial score (nSPS) is 14.8. The first-order valence-corrected chi connectivity index (χ1v) is 6.24. The van der Waals surface area contributed by atoms with E-state index < -0.39 is 0 Å². The van der Waals surface area contributed by atoms with Crippen molar-refractivity contribution in [3.05, 3.63) is 35.2 Å². The smallest absolute Gasteiger partial charge is 0.223 e. The molecule has 5 heteroatoms.